The van der Waals surface area contributed by atoms with Crippen LogP contribution in [0.4, 0.5) is 5.69 Å². The number of carbonyl (C=O) groups excluding carboxylic acids is 2. The lowest BCUT2D eigenvalue weighted by Gasteiger charge is -2.14. The topological polar surface area (TPSA) is 105 Å². The summed E-state index contributed by atoms with van der Waals surface area (Å²) in [5.74, 6) is 0.430. The number of H-pyrrole nitrogens is 1. The largest absolute Gasteiger partial charge is 0.454 e. The average Bonchev–Trinajstić information content (AvgIpc) is 3.37. The molecule has 0 saturated heterocycles. The van der Waals surface area contributed by atoms with Crippen LogP contribution in [0, 0.1) is 0 Å². The van der Waals surface area contributed by atoms with Gasteiger partial charge < -0.3 is 25.1 Å². The summed E-state index contributed by atoms with van der Waals surface area (Å²) >= 11 is 0. The summed E-state index contributed by atoms with van der Waals surface area (Å²) in [6.07, 6.45) is 1.63. The van der Waals surface area contributed by atoms with Crippen molar-refractivity contribution in [2.45, 2.75) is 13.0 Å². The van der Waals surface area contributed by atoms with Crippen molar-refractivity contribution in [3.63, 3.8) is 0 Å². The van der Waals surface area contributed by atoms with Crippen LogP contribution < -0.4 is 20.1 Å². The van der Waals surface area contributed by atoms with Gasteiger partial charge in [-0.05, 0) is 31.2 Å². The van der Waals surface area contributed by atoms with Gasteiger partial charge in [0.15, 0.2) is 11.5 Å². The Labute approximate surface area is 171 Å². The van der Waals surface area contributed by atoms with E-state index in [0.29, 0.717) is 17.2 Å². The van der Waals surface area contributed by atoms with Crippen LogP contribution in [-0.2, 0) is 4.79 Å². The van der Waals surface area contributed by atoms with E-state index in [-0.39, 0.29) is 18.4 Å². The highest BCUT2D eigenvalue weighted by Crippen LogP contribution is 2.34. The first-order valence-corrected chi connectivity index (χ1v) is 9.46. The van der Waals surface area contributed by atoms with Crippen LogP contribution >= 0.6 is 0 Å². The number of nitrogens with zero attached hydrogens (tertiary/aromatic N) is 1. The maximum atomic E-state index is 12.7. The molecule has 5 rings (SSSR count). The number of amides is 2. The van der Waals surface area contributed by atoms with Crippen LogP contribution in [0.3, 0.4) is 0 Å². The highest BCUT2D eigenvalue weighted by atomic mass is 16.7. The third-order valence-corrected chi connectivity index (χ3v) is 5.00. The molecule has 8 heteroatoms. The molecular formula is C22H18N4O4. The summed E-state index contributed by atoms with van der Waals surface area (Å²) in [5.41, 5.74) is 2.63. The first kappa shape index (κ1) is 18.0. The summed E-state index contributed by atoms with van der Waals surface area (Å²) < 4.78 is 10.6. The summed E-state index contributed by atoms with van der Waals surface area (Å²) in [6.45, 7) is 1.78. The minimum Gasteiger partial charge on any atom is -0.454 e. The van der Waals surface area contributed by atoms with E-state index < -0.39 is 11.9 Å². The van der Waals surface area contributed by atoms with Gasteiger partial charge in [0.1, 0.15) is 11.7 Å². The molecule has 1 atom stereocenters. The van der Waals surface area contributed by atoms with Crippen molar-refractivity contribution in [2.24, 2.45) is 0 Å². The molecule has 0 spiro atoms. The lowest BCUT2D eigenvalue weighted by Crippen LogP contribution is -2.41. The number of para-hydroxylation sites is 1. The van der Waals surface area contributed by atoms with Gasteiger partial charge in [-0.2, -0.15) is 0 Å². The zero-order valence-corrected chi connectivity index (χ0v) is 16.1. The monoisotopic (exact) mass is 402 g/mol. The molecule has 0 fully saturated rings. The average molecular weight is 402 g/mol. The second-order valence-corrected chi connectivity index (χ2v) is 7.04. The lowest BCUT2D eigenvalue weighted by atomic mass is 10.1. The highest BCUT2D eigenvalue weighted by molar-refractivity contribution is 6.09. The Morgan fingerprint density at radius 2 is 1.87 bits per heavy atom. The Morgan fingerprint density at radius 1 is 1.03 bits per heavy atom. The van der Waals surface area contributed by atoms with Crippen molar-refractivity contribution in [3.05, 3.63) is 60.4 Å². The molecule has 0 bridgehead atoms. The number of pyridine rings is 1. The van der Waals surface area contributed by atoms with Gasteiger partial charge in [0.05, 0.1) is 11.7 Å². The van der Waals surface area contributed by atoms with Gasteiger partial charge in [-0.3, -0.25) is 9.59 Å². The fourth-order valence-electron chi connectivity index (χ4n) is 3.44. The summed E-state index contributed by atoms with van der Waals surface area (Å²) in [4.78, 5) is 32.7. The van der Waals surface area contributed by atoms with Crippen LogP contribution in [0.2, 0.25) is 0 Å². The molecule has 30 heavy (non-hydrogen) atoms. The highest BCUT2D eigenvalue weighted by Gasteiger charge is 2.20. The molecular weight excluding hydrogens is 384 g/mol. The number of nitrogens with one attached hydrogen (secondary N) is 3. The summed E-state index contributed by atoms with van der Waals surface area (Å²) in [7, 11) is 0. The number of rotatable bonds is 4. The molecule has 150 valence electrons. The molecule has 1 aliphatic rings. The van der Waals surface area contributed by atoms with Crippen molar-refractivity contribution < 1.29 is 19.1 Å². The van der Waals surface area contributed by atoms with Crippen LogP contribution in [0.15, 0.2) is 54.7 Å². The molecule has 0 aliphatic carbocycles. The Kier molecular flexibility index (Phi) is 4.24. The standard InChI is InChI=1S/C22H18N4O4/c1-12(21(27)25-13-6-7-19-20(8-13)30-11-29-19)24-22(28)17-9-15-14-4-2-3-5-16(14)26-18(15)10-23-17/h2-10,12,26H,11H2,1H3,(H,24,28)(H,25,27). The number of fused-ring (bicyclic) bond motifs is 4. The van der Waals surface area contributed by atoms with Gasteiger partial charge in [0, 0.05) is 28.0 Å². The number of hydrogen-bond acceptors (Lipinski definition) is 5. The normalized spacial score (nSPS) is 13.4. The van der Waals surface area contributed by atoms with Crippen LogP contribution in [0.1, 0.15) is 17.4 Å². The van der Waals surface area contributed by atoms with Crippen molar-refractivity contribution >= 4 is 39.3 Å². The van der Waals surface area contributed by atoms with E-state index in [0.717, 1.165) is 21.8 Å². The lowest BCUT2D eigenvalue weighted by molar-refractivity contribution is -0.117. The van der Waals surface area contributed by atoms with Gasteiger partial charge in [0.2, 0.25) is 12.7 Å². The van der Waals surface area contributed by atoms with Gasteiger partial charge in [-0.25, -0.2) is 4.98 Å². The molecule has 8 nitrogen and oxygen atoms in total. The molecule has 2 aromatic carbocycles. The van der Waals surface area contributed by atoms with Gasteiger partial charge >= 0.3 is 0 Å². The van der Waals surface area contributed by atoms with Crippen molar-refractivity contribution in [2.75, 3.05) is 12.1 Å². The van der Waals surface area contributed by atoms with E-state index in [9.17, 15) is 9.59 Å². The van der Waals surface area contributed by atoms with E-state index in [1.165, 1.54) is 0 Å². The van der Waals surface area contributed by atoms with Crippen LogP contribution in [0.25, 0.3) is 21.8 Å². The van der Waals surface area contributed by atoms with Gasteiger partial charge in [-0.1, -0.05) is 18.2 Å². The maximum Gasteiger partial charge on any atom is 0.270 e. The van der Waals surface area contributed by atoms with E-state index in [2.05, 4.69) is 20.6 Å². The second kappa shape index (κ2) is 7.07. The molecule has 3 heterocycles. The molecule has 1 unspecified atom stereocenters. The Morgan fingerprint density at radius 3 is 2.77 bits per heavy atom. The van der Waals surface area contributed by atoms with Gasteiger partial charge in [0.25, 0.3) is 5.91 Å². The van der Waals surface area contributed by atoms with E-state index >= 15 is 0 Å². The molecule has 0 radical (unpaired) electrons. The summed E-state index contributed by atoms with van der Waals surface area (Å²) in [5, 5.41) is 7.37. The third kappa shape index (κ3) is 3.18. The predicted molar refractivity (Wildman–Crippen MR) is 112 cm³/mol. The predicted octanol–water partition coefficient (Wildman–Crippen LogP) is 3.20. The van der Waals surface area contributed by atoms with Crippen LogP contribution in [-0.4, -0.2) is 34.6 Å². The number of anilines is 1. The quantitative estimate of drug-likeness (QED) is 0.486. The fraction of sp³-hybridized carbons (Fsp3) is 0.136. The van der Waals surface area contributed by atoms with E-state index in [4.69, 9.17) is 9.47 Å². The van der Waals surface area contributed by atoms with Crippen LogP contribution in [0.5, 0.6) is 11.5 Å². The summed E-state index contributed by atoms with van der Waals surface area (Å²) in [6, 6.07) is 13.9. The Balaban J connectivity index is 1.30. The number of benzene rings is 2. The van der Waals surface area contributed by atoms with Gasteiger partial charge in [-0.15, -0.1) is 0 Å². The molecule has 0 saturated carbocycles. The zero-order chi connectivity index (χ0) is 20.7. The van der Waals surface area contributed by atoms with E-state index in [1.54, 1.807) is 37.4 Å². The van der Waals surface area contributed by atoms with Crippen molar-refractivity contribution in [1.29, 1.82) is 0 Å². The first-order valence-electron chi connectivity index (χ1n) is 9.46. The number of aromatic nitrogens is 2. The smallest absolute Gasteiger partial charge is 0.270 e. The maximum absolute atomic E-state index is 12.7. The number of carbonyl (C=O) groups is 2. The fourth-order valence-corrected chi connectivity index (χ4v) is 3.44. The molecule has 2 aromatic heterocycles. The SMILES string of the molecule is CC(NC(=O)c1cc2c(cn1)[nH]c1ccccc12)C(=O)Nc1ccc2c(c1)OCO2. The molecule has 4 aromatic rings. The van der Waals surface area contributed by atoms with E-state index in [1.807, 2.05) is 24.3 Å². The zero-order valence-electron chi connectivity index (χ0n) is 16.1. The molecule has 2 amide bonds. The van der Waals surface area contributed by atoms with Crippen molar-refractivity contribution in [1.82, 2.24) is 15.3 Å². The Hall–Kier alpha value is -4.07. The minimum absolute atomic E-state index is 0.160. The molecule has 3 N–H and O–H groups in total. The number of hydrogen-bond donors (Lipinski definition) is 3. The number of aromatic amines is 1. The third-order valence-electron chi connectivity index (χ3n) is 5.00. The molecule has 1 aliphatic heterocycles. The Bertz CT molecular complexity index is 1300. The minimum atomic E-state index is -0.761. The first-order chi connectivity index (χ1) is 14.6. The number of ether oxygens (including phenoxy) is 2. The second-order valence-electron chi connectivity index (χ2n) is 7.04. The van der Waals surface area contributed by atoms with Crippen molar-refractivity contribution in [3.8, 4) is 11.5 Å².